The first-order valence-electron chi connectivity index (χ1n) is 6.49. The first-order chi connectivity index (χ1) is 9.75. The molecule has 5 nitrogen and oxygen atoms in total. The quantitative estimate of drug-likeness (QED) is 0.472. The molecule has 0 saturated heterocycles. The van der Waals surface area contributed by atoms with Crippen LogP contribution in [0.25, 0.3) is 0 Å². The van der Waals surface area contributed by atoms with Crippen molar-refractivity contribution >= 4 is 18.3 Å². The number of hydrogen-bond donors (Lipinski definition) is 0. The van der Waals surface area contributed by atoms with E-state index in [1.807, 2.05) is 0 Å². The van der Waals surface area contributed by atoms with E-state index in [0.29, 0.717) is 5.06 Å². The molecule has 0 radical (unpaired) electrons. The summed E-state index contributed by atoms with van der Waals surface area (Å²) in [5.74, 6) is -1.23. The highest BCUT2D eigenvalue weighted by atomic mass is 16.7. The number of benzene rings is 1. The Morgan fingerprint density at radius 2 is 1.45 bits per heavy atom. The number of imide groups is 1. The van der Waals surface area contributed by atoms with Crippen LogP contribution in [0, 0.1) is 0 Å². The van der Waals surface area contributed by atoms with Crippen molar-refractivity contribution in [2.45, 2.75) is 25.7 Å². The average molecular weight is 273 g/mol. The molecule has 20 heavy (non-hydrogen) atoms. The summed E-state index contributed by atoms with van der Waals surface area (Å²) in [5.41, 5.74) is 0.499. The highest BCUT2D eigenvalue weighted by Crippen LogP contribution is 2.21. The van der Waals surface area contributed by atoms with Gasteiger partial charge in [-0.3, -0.25) is 14.4 Å². The third-order valence-corrected chi connectivity index (χ3v) is 3.06. The summed E-state index contributed by atoms with van der Waals surface area (Å²) in [5, 5.41) is 0.442. The summed E-state index contributed by atoms with van der Waals surface area (Å²) >= 11 is 0. The van der Waals surface area contributed by atoms with Crippen LogP contribution in [0.1, 0.15) is 46.4 Å². The van der Waals surface area contributed by atoms with E-state index in [-0.39, 0.29) is 17.6 Å². The molecule has 2 aliphatic rings. The van der Waals surface area contributed by atoms with Gasteiger partial charge in [-0.25, -0.2) is 0 Å². The number of allylic oxidation sites excluding steroid dienone is 2. The minimum atomic E-state index is -0.613. The number of nitrogens with zero attached hydrogens (tertiary/aromatic N) is 1. The normalized spacial score (nSPS) is 16.3. The molecule has 0 saturated carbocycles. The molecule has 1 heterocycles. The zero-order valence-electron chi connectivity index (χ0n) is 11.0. The maximum atomic E-state index is 11.4. The molecule has 1 aromatic carbocycles. The molecule has 0 aromatic heterocycles. The number of carbonyl (C=O) groups is 3. The lowest BCUT2D eigenvalue weighted by molar-refractivity contribution is -0.151. The Morgan fingerprint density at radius 3 is 1.80 bits per heavy atom. The van der Waals surface area contributed by atoms with Crippen LogP contribution in [0.5, 0.6) is 0 Å². The van der Waals surface area contributed by atoms with Crippen molar-refractivity contribution in [1.29, 1.82) is 0 Å². The fourth-order valence-corrected chi connectivity index (χ4v) is 2.07. The van der Waals surface area contributed by atoms with Crippen LogP contribution in [-0.4, -0.2) is 23.3 Å². The number of amides is 2. The van der Waals surface area contributed by atoms with E-state index in [1.165, 1.54) is 37.8 Å². The van der Waals surface area contributed by atoms with Crippen molar-refractivity contribution in [2.24, 2.45) is 0 Å². The van der Waals surface area contributed by atoms with Crippen molar-refractivity contribution in [2.75, 3.05) is 0 Å². The molecule has 1 aliphatic carbocycles. The molecular formula is C15H15NO4. The highest BCUT2D eigenvalue weighted by molar-refractivity contribution is 6.20. The van der Waals surface area contributed by atoms with E-state index in [2.05, 4.69) is 17.0 Å². The second-order valence-electron chi connectivity index (χ2n) is 4.41. The molecule has 0 bridgehead atoms. The molecular weight excluding hydrogens is 258 g/mol. The van der Waals surface area contributed by atoms with E-state index in [9.17, 15) is 14.4 Å². The predicted molar refractivity (Wildman–Crippen MR) is 71.7 cm³/mol. The summed E-state index contributed by atoms with van der Waals surface area (Å²) < 4.78 is 0. The van der Waals surface area contributed by atoms with Crippen molar-refractivity contribution < 1.29 is 19.2 Å². The van der Waals surface area contributed by atoms with Gasteiger partial charge in [-0.1, -0.05) is 29.3 Å². The standard InChI is InChI=1S/C9H5NO4.C6H10/c11-5-14-10-8(12)6-3-1-2-4-7(6)9(10)13;1-2-4-6-5-3-1/h1-5H;1-2H,3-6H2. The van der Waals surface area contributed by atoms with Crippen LogP contribution in [0.15, 0.2) is 36.4 Å². The zero-order chi connectivity index (χ0) is 14.4. The number of hydroxylamine groups is 2. The zero-order valence-corrected chi connectivity index (χ0v) is 11.0. The van der Waals surface area contributed by atoms with Gasteiger partial charge in [0.2, 0.25) is 0 Å². The second kappa shape index (κ2) is 6.65. The van der Waals surface area contributed by atoms with Crippen LogP contribution in [0.2, 0.25) is 0 Å². The Hall–Kier alpha value is -2.43. The fraction of sp³-hybridized carbons (Fsp3) is 0.267. The van der Waals surface area contributed by atoms with Gasteiger partial charge in [-0.15, -0.1) is 0 Å². The summed E-state index contributed by atoms with van der Waals surface area (Å²) in [7, 11) is 0. The molecule has 1 aliphatic heterocycles. The van der Waals surface area contributed by atoms with Crippen molar-refractivity contribution in [1.82, 2.24) is 5.06 Å². The van der Waals surface area contributed by atoms with Gasteiger partial charge >= 0.3 is 6.47 Å². The Morgan fingerprint density at radius 1 is 0.950 bits per heavy atom. The molecule has 0 atom stereocenters. The van der Waals surface area contributed by atoms with Crippen LogP contribution in [0.4, 0.5) is 0 Å². The van der Waals surface area contributed by atoms with Crippen LogP contribution in [0.3, 0.4) is 0 Å². The summed E-state index contributed by atoms with van der Waals surface area (Å²) in [4.78, 5) is 37.1. The smallest absolute Gasteiger partial charge is 0.321 e. The minimum absolute atomic E-state index is 0.0433. The molecule has 0 N–H and O–H groups in total. The Bertz CT molecular complexity index is 508. The molecule has 2 amide bonds. The van der Waals surface area contributed by atoms with Gasteiger partial charge in [0.15, 0.2) is 0 Å². The van der Waals surface area contributed by atoms with Gasteiger partial charge in [-0.2, -0.15) is 0 Å². The first-order valence-corrected chi connectivity index (χ1v) is 6.49. The predicted octanol–water partition coefficient (Wildman–Crippen LogP) is 2.49. The average Bonchev–Trinajstić information content (AvgIpc) is 2.76. The molecule has 0 spiro atoms. The van der Waals surface area contributed by atoms with E-state index in [1.54, 1.807) is 12.1 Å². The molecule has 5 heteroatoms. The van der Waals surface area contributed by atoms with Gasteiger partial charge in [-0.05, 0) is 37.8 Å². The van der Waals surface area contributed by atoms with E-state index >= 15 is 0 Å². The number of carbonyl (C=O) groups excluding carboxylic acids is 3. The monoisotopic (exact) mass is 273 g/mol. The van der Waals surface area contributed by atoms with Crippen LogP contribution in [-0.2, 0) is 9.63 Å². The lowest BCUT2D eigenvalue weighted by atomic mass is 10.1. The maximum absolute atomic E-state index is 11.4. The number of fused-ring (bicyclic) bond motifs is 1. The largest absolute Gasteiger partial charge is 0.333 e. The summed E-state index contributed by atoms with van der Waals surface area (Å²) in [6, 6.07) is 6.27. The first kappa shape index (κ1) is 14.0. The highest BCUT2D eigenvalue weighted by Gasteiger charge is 2.37. The fourth-order valence-electron chi connectivity index (χ4n) is 2.07. The third-order valence-electron chi connectivity index (χ3n) is 3.06. The van der Waals surface area contributed by atoms with Crippen molar-refractivity contribution in [3.05, 3.63) is 47.5 Å². The number of rotatable bonds is 2. The van der Waals surface area contributed by atoms with E-state index < -0.39 is 11.8 Å². The van der Waals surface area contributed by atoms with Crippen LogP contribution >= 0.6 is 0 Å². The molecule has 0 unspecified atom stereocenters. The maximum Gasteiger partial charge on any atom is 0.321 e. The topological polar surface area (TPSA) is 63.7 Å². The SMILES string of the molecule is C1=CCCCC1.O=CON1C(=O)c2ccccc2C1=O. The lowest BCUT2D eigenvalue weighted by Gasteiger charge is -2.07. The second-order valence-corrected chi connectivity index (χ2v) is 4.41. The Kier molecular flexibility index (Phi) is 4.65. The van der Waals surface area contributed by atoms with Crippen molar-refractivity contribution in [3.8, 4) is 0 Å². The summed E-state index contributed by atoms with van der Waals surface area (Å²) in [6.07, 6.45) is 10.0. The summed E-state index contributed by atoms with van der Waals surface area (Å²) in [6.45, 7) is 0.0433. The molecule has 0 fully saturated rings. The third kappa shape index (κ3) is 2.93. The lowest BCUT2D eigenvalue weighted by Crippen LogP contribution is -2.29. The Balaban J connectivity index is 0.000000205. The van der Waals surface area contributed by atoms with Gasteiger partial charge in [0.25, 0.3) is 11.8 Å². The molecule has 3 rings (SSSR count). The van der Waals surface area contributed by atoms with Gasteiger partial charge in [0, 0.05) is 0 Å². The molecule has 104 valence electrons. The van der Waals surface area contributed by atoms with Gasteiger partial charge in [0.05, 0.1) is 11.1 Å². The minimum Gasteiger partial charge on any atom is -0.333 e. The molecule has 1 aromatic rings. The Labute approximate surface area is 116 Å². The van der Waals surface area contributed by atoms with E-state index in [0.717, 1.165) is 0 Å². The van der Waals surface area contributed by atoms with E-state index in [4.69, 9.17) is 0 Å². The van der Waals surface area contributed by atoms with Crippen molar-refractivity contribution in [3.63, 3.8) is 0 Å². The van der Waals surface area contributed by atoms with Gasteiger partial charge in [0.1, 0.15) is 0 Å². The van der Waals surface area contributed by atoms with Crippen LogP contribution < -0.4 is 0 Å². The van der Waals surface area contributed by atoms with Gasteiger partial charge < -0.3 is 4.84 Å². The number of hydrogen-bond acceptors (Lipinski definition) is 4.